The van der Waals surface area contributed by atoms with E-state index in [1.807, 2.05) is 12.1 Å². The third-order valence-corrected chi connectivity index (χ3v) is 5.23. The van der Waals surface area contributed by atoms with Gasteiger partial charge in [-0.3, -0.25) is 0 Å². The second-order valence-electron chi connectivity index (χ2n) is 5.11. The maximum atomic E-state index is 11.7. The monoisotopic (exact) mass is 312 g/mol. The van der Waals surface area contributed by atoms with E-state index in [1.165, 1.54) is 0 Å². The number of carbonyl (C=O) groups is 1. The van der Waals surface area contributed by atoms with E-state index in [0.717, 1.165) is 5.56 Å². The van der Waals surface area contributed by atoms with Crippen molar-refractivity contribution in [3.05, 3.63) is 23.8 Å². The lowest BCUT2D eigenvalue weighted by molar-refractivity contribution is 0.174. The van der Waals surface area contributed by atoms with Crippen LogP contribution in [0.4, 0.5) is 4.79 Å². The normalized spacial score (nSPS) is 22.0. The van der Waals surface area contributed by atoms with Gasteiger partial charge in [0.15, 0.2) is 21.3 Å². The molecule has 1 aromatic carbocycles. The SMILES string of the molecule is O=C(NCc1ccc2c(c1)OCO2)N[C@@H]1CCS(=O)(=O)C1. The maximum Gasteiger partial charge on any atom is 0.315 e. The number of carbonyl (C=O) groups excluding carboxylic acids is 1. The molecule has 0 spiro atoms. The van der Waals surface area contributed by atoms with Crippen molar-refractivity contribution in [2.45, 2.75) is 19.0 Å². The zero-order valence-corrected chi connectivity index (χ0v) is 12.1. The average molecular weight is 312 g/mol. The van der Waals surface area contributed by atoms with E-state index < -0.39 is 9.84 Å². The van der Waals surface area contributed by atoms with Crippen LogP contribution in [0.5, 0.6) is 11.5 Å². The van der Waals surface area contributed by atoms with Crippen molar-refractivity contribution in [1.82, 2.24) is 10.6 Å². The molecule has 2 N–H and O–H groups in total. The first-order valence-corrected chi connectivity index (χ1v) is 8.47. The highest BCUT2D eigenvalue weighted by Crippen LogP contribution is 2.32. The van der Waals surface area contributed by atoms with Crippen LogP contribution in [0.1, 0.15) is 12.0 Å². The van der Waals surface area contributed by atoms with Gasteiger partial charge < -0.3 is 20.1 Å². The molecular formula is C13H16N2O5S. The van der Waals surface area contributed by atoms with Gasteiger partial charge in [-0.05, 0) is 24.1 Å². The van der Waals surface area contributed by atoms with E-state index in [-0.39, 0.29) is 30.4 Å². The number of rotatable bonds is 3. The maximum absolute atomic E-state index is 11.7. The Balaban J connectivity index is 1.50. The van der Waals surface area contributed by atoms with E-state index in [4.69, 9.17) is 9.47 Å². The van der Waals surface area contributed by atoms with Gasteiger partial charge in [0.1, 0.15) is 0 Å². The molecule has 7 nitrogen and oxygen atoms in total. The topological polar surface area (TPSA) is 93.7 Å². The summed E-state index contributed by atoms with van der Waals surface area (Å²) in [6.45, 7) is 0.546. The van der Waals surface area contributed by atoms with Crippen molar-refractivity contribution >= 4 is 15.9 Å². The molecule has 21 heavy (non-hydrogen) atoms. The van der Waals surface area contributed by atoms with E-state index >= 15 is 0 Å². The van der Waals surface area contributed by atoms with Gasteiger partial charge in [0.05, 0.1) is 11.5 Å². The lowest BCUT2D eigenvalue weighted by Crippen LogP contribution is -2.42. The number of ether oxygens (including phenoxy) is 2. The Kier molecular flexibility index (Phi) is 3.62. The lowest BCUT2D eigenvalue weighted by atomic mass is 10.2. The van der Waals surface area contributed by atoms with Crippen LogP contribution in [0, 0.1) is 0 Å². The van der Waals surface area contributed by atoms with E-state index in [1.54, 1.807) is 6.07 Å². The Morgan fingerprint density at radius 3 is 2.86 bits per heavy atom. The van der Waals surface area contributed by atoms with Gasteiger partial charge in [-0.2, -0.15) is 0 Å². The van der Waals surface area contributed by atoms with Gasteiger partial charge in [-0.1, -0.05) is 6.07 Å². The van der Waals surface area contributed by atoms with Crippen molar-refractivity contribution < 1.29 is 22.7 Å². The Hall–Kier alpha value is -1.96. The molecule has 2 heterocycles. The van der Waals surface area contributed by atoms with Crippen LogP contribution in [0.2, 0.25) is 0 Å². The highest BCUT2D eigenvalue weighted by Gasteiger charge is 2.28. The standard InChI is InChI=1S/C13H16N2O5S/c16-13(15-10-3-4-21(17,18)7-10)14-6-9-1-2-11-12(5-9)20-8-19-11/h1-2,5,10H,3-4,6-8H2,(H2,14,15,16)/t10-/m1/s1. The van der Waals surface area contributed by atoms with Crippen LogP contribution < -0.4 is 20.1 Å². The fourth-order valence-corrected chi connectivity index (χ4v) is 4.05. The minimum absolute atomic E-state index is 0.0183. The highest BCUT2D eigenvalue weighted by atomic mass is 32.2. The molecule has 0 bridgehead atoms. The Morgan fingerprint density at radius 1 is 1.29 bits per heavy atom. The predicted molar refractivity (Wildman–Crippen MR) is 75.0 cm³/mol. The number of amides is 2. The lowest BCUT2D eigenvalue weighted by Gasteiger charge is -2.12. The number of hydrogen-bond acceptors (Lipinski definition) is 5. The third-order valence-electron chi connectivity index (χ3n) is 3.46. The van der Waals surface area contributed by atoms with Crippen LogP contribution in [-0.2, 0) is 16.4 Å². The highest BCUT2D eigenvalue weighted by molar-refractivity contribution is 7.91. The van der Waals surface area contributed by atoms with Gasteiger partial charge in [0.2, 0.25) is 6.79 Å². The molecule has 0 radical (unpaired) electrons. The number of nitrogens with one attached hydrogen (secondary N) is 2. The van der Waals surface area contributed by atoms with Crippen LogP contribution >= 0.6 is 0 Å². The molecular weight excluding hydrogens is 296 g/mol. The summed E-state index contributed by atoms with van der Waals surface area (Å²) in [6.07, 6.45) is 0.472. The van der Waals surface area contributed by atoms with Gasteiger partial charge in [-0.15, -0.1) is 0 Å². The summed E-state index contributed by atoms with van der Waals surface area (Å²) in [6, 6.07) is 4.78. The van der Waals surface area contributed by atoms with Gasteiger partial charge >= 0.3 is 6.03 Å². The summed E-state index contributed by atoms with van der Waals surface area (Å²) in [4.78, 5) is 11.7. The third kappa shape index (κ3) is 3.38. The Labute approximate surface area is 122 Å². The van der Waals surface area contributed by atoms with E-state index in [0.29, 0.717) is 24.5 Å². The smallest absolute Gasteiger partial charge is 0.315 e. The summed E-state index contributed by atoms with van der Waals surface area (Å²) in [5, 5.41) is 5.38. The van der Waals surface area contributed by atoms with Crippen molar-refractivity contribution in [2.24, 2.45) is 0 Å². The molecule has 2 aliphatic rings. The molecule has 1 atom stereocenters. The average Bonchev–Trinajstić information content (AvgIpc) is 3.02. The van der Waals surface area contributed by atoms with Gasteiger partial charge in [-0.25, -0.2) is 13.2 Å². The zero-order chi connectivity index (χ0) is 14.9. The van der Waals surface area contributed by atoms with Crippen molar-refractivity contribution in [1.29, 1.82) is 0 Å². The fourth-order valence-electron chi connectivity index (χ4n) is 2.38. The molecule has 0 aromatic heterocycles. The summed E-state index contributed by atoms with van der Waals surface area (Å²) in [7, 11) is -2.99. The van der Waals surface area contributed by atoms with Crippen molar-refractivity contribution in [2.75, 3.05) is 18.3 Å². The molecule has 0 unspecified atom stereocenters. The Bertz CT molecular complexity index is 659. The van der Waals surface area contributed by atoms with Crippen LogP contribution in [0.3, 0.4) is 0 Å². The van der Waals surface area contributed by atoms with Crippen molar-refractivity contribution in [3.8, 4) is 11.5 Å². The molecule has 114 valence electrons. The van der Waals surface area contributed by atoms with Gasteiger partial charge in [0, 0.05) is 12.6 Å². The summed E-state index contributed by atoms with van der Waals surface area (Å²) in [5.41, 5.74) is 0.883. The molecule has 0 saturated carbocycles. The molecule has 0 aliphatic carbocycles. The quantitative estimate of drug-likeness (QED) is 0.843. The molecule has 3 rings (SSSR count). The number of hydrogen-bond donors (Lipinski definition) is 2. The van der Waals surface area contributed by atoms with E-state index in [9.17, 15) is 13.2 Å². The summed E-state index contributed by atoms with van der Waals surface area (Å²) >= 11 is 0. The zero-order valence-electron chi connectivity index (χ0n) is 11.3. The van der Waals surface area contributed by atoms with E-state index in [2.05, 4.69) is 10.6 Å². The summed E-state index contributed by atoms with van der Waals surface area (Å²) in [5.74, 6) is 1.51. The minimum atomic E-state index is -2.99. The first-order valence-electron chi connectivity index (χ1n) is 6.65. The second kappa shape index (κ2) is 5.44. The molecule has 1 aromatic rings. The molecule has 8 heteroatoms. The minimum Gasteiger partial charge on any atom is -0.454 e. The largest absolute Gasteiger partial charge is 0.454 e. The van der Waals surface area contributed by atoms with Crippen LogP contribution in [0.15, 0.2) is 18.2 Å². The molecule has 2 aliphatic heterocycles. The van der Waals surface area contributed by atoms with Gasteiger partial charge in [0.25, 0.3) is 0 Å². The number of fused-ring (bicyclic) bond motifs is 1. The Morgan fingerprint density at radius 2 is 2.10 bits per heavy atom. The summed E-state index contributed by atoms with van der Waals surface area (Å²) < 4.78 is 33.1. The first-order chi connectivity index (χ1) is 10.0. The predicted octanol–water partition coefficient (Wildman–Crippen LogP) is 0.402. The van der Waals surface area contributed by atoms with Crippen molar-refractivity contribution in [3.63, 3.8) is 0 Å². The molecule has 1 saturated heterocycles. The van der Waals surface area contributed by atoms with Crippen LogP contribution in [-0.4, -0.2) is 38.8 Å². The second-order valence-corrected chi connectivity index (χ2v) is 7.34. The van der Waals surface area contributed by atoms with Crippen LogP contribution in [0.25, 0.3) is 0 Å². The molecule has 2 amide bonds. The first kappa shape index (κ1) is 14.0. The fraction of sp³-hybridized carbons (Fsp3) is 0.462. The number of benzene rings is 1. The number of sulfone groups is 1. The molecule has 1 fully saturated rings. The number of urea groups is 1.